The van der Waals surface area contributed by atoms with Crippen LogP contribution in [0.15, 0.2) is 212 Å². The van der Waals surface area contributed by atoms with Crippen molar-refractivity contribution in [3.05, 3.63) is 240 Å². The first kappa shape index (κ1) is 39.9. The molecule has 0 saturated carbocycles. The Balaban J connectivity index is 0.969. The minimum absolute atomic E-state index is 1.17. The van der Waals surface area contributed by atoms with Crippen LogP contribution in [0, 0.1) is 34.6 Å². The standard InChI is InChI=1S/C63H50N2/c1-41-26-31-56-50(36-41)18-12-24-62(56)64(60-22-10-16-46-14-6-8-20-54(46)60)58-34-29-49(39-44(58)4)48-28-33-53(43(3)38-48)52-30-35-59(45(5)40-52)65(61-23-11-17-47-15-7-9-21-55(47)61)63-25-13-19-51-37-42(2)27-32-57(51)63/h6-40H,1-5H3. The maximum atomic E-state index is 2.46. The van der Waals surface area contributed by atoms with E-state index in [9.17, 15) is 0 Å². The number of rotatable bonds is 8. The highest BCUT2D eigenvalue weighted by Crippen LogP contribution is 2.46. The molecule has 11 aromatic carbocycles. The van der Waals surface area contributed by atoms with E-state index in [1.54, 1.807) is 0 Å². The summed E-state index contributed by atoms with van der Waals surface area (Å²) in [7, 11) is 0. The summed E-state index contributed by atoms with van der Waals surface area (Å²) >= 11 is 0. The number of aryl methyl sites for hydroxylation is 5. The van der Waals surface area contributed by atoms with Gasteiger partial charge in [-0.2, -0.15) is 0 Å². The molecule has 0 N–H and O–H groups in total. The number of hydrogen-bond donors (Lipinski definition) is 0. The van der Waals surface area contributed by atoms with Crippen molar-refractivity contribution in [3.8, 4) is 22.3 Å². The first-order valence-electron chi connectivity index (χ1n) is 22.7. The Hall–Kier alpha value is -7.94. The molecule has 0 fully saturated rings. The smallest absolute Gasteiger partial charge is 0.0540 e. The molecule has 2 nitrogen and oxygen atoms in total. The first-order valence-corrected chi connectivity index (χ1v) is 22.7. The van der Waals surface area contributed by atoms with Crippen LogP contribution in [0.25, 0.3) is 65.3 Å². The van der Waals surface area contributed by atoms with Crippen molar-refractivity contribution in [3.63, 3.8) is 0 Å². The van der Waals surface area contributed by atoms with Crippen molar-refractivity contribution in [2.75, 3.05) is 9.80 Å². The molecular formula is C63H50N2. The van der Waals surface area contributed by atoms with Crippen LogP contribution in [0.3, 0.4) is 0 Å². The predicted molar refractivity (Wildman–Crippen MR) is 280 cm³/mol. The molecule has 0 spiro atoms. The molecule has 0 aliphatic heterocycles. The third-order valence-electron chi connectivity index (χ3n) is 13.3. The molecule has 0 heterocycles. The minimum atomic E-state index is 1.17. The van der Waals surface area contributed by atoms with Crippen LogP contribution in [-0.2, 0) is 0 Å². The average molecular weight is 835 g/mol. The summed E-state index contributed by atoms with van der Waals surface area (Å²) < 4.78 is 0. The zero-order valence-corrected chi connectivity index (χ0v) is 37.6. The van der Waals surface area contributed by atoms with Gasteiger partial charge >= 0.3 is 0 Å². The highest BCUT2D eigenvalue weighted by atomic mass is 15.2. The van der Waals surface area contributed by atoms with E-state index in [1.165, 1.54) is 127 Å². The number of benzene rings is 11. The molecule has 0 atom stereocenters. The Labute approximate surface area is 382 Å². The summed E-state index contributed by atoms with van der Waals surface area (Å²) in [6.07, 6.45) is 0. The molecule has 0 amide bonds. The van der Waals surface area contributed by atoms with Crippen molar-refractivity contribution >= 4 is 77.2 Å². The highest BCUT2D eigenvalue weighted by Gasteiger charge is 2.22. The molecule has 11 aromatic rings. The van der Waals surface area contributed by atoms with Gasteiger partial charge < -0.3 is 9.80 Å². The maximum Gasteiger partial charge on any atom is 0.0540 e. The van der Waals surface area contributed by atoms with Crippen LogP contribution in [0.1, 0.15) is 27.8 Å². The number of nitrogens with zero attached hydrogens (tertiary/aromatic N) is 2. The predicted octanol–water partition coefficient (Wildman–Crippen LogP) is 18.1. The van der Waals surface area contributed by atoms with Crippen LogP contribution in [0.4, 0.5) is 34.1 Å². The lowest BCUT2D eigenvalue weighted by molar-refractivity contribution is 1.27. The number of anilines is 6. The normalized spacial score (nSPS) is 11.5. The van der Waals surface area contributed by atoms with Crippen molar-refractivity contribution in [2.45, 2.75) is 34.6 Å². The second kappa shape index (κ2) is 16.3. The lowest BCUT2D eigenvalue weighted by Gasteiger charge is -2.30. The van der Waals surface area contributed by atoms with E-state index in [0.29, 0.717) is 0 Å². The van der Waals surface area contributed by atoms with Crippen LogP contribution in [0.2, 0.25) is 0 Å². The lowest BCUT2D eigenvalue weighted by atomic mass is 9.93. The summed E-state index contributed by atoms with van der Waals surface area (Å²) in [5, 5.41) is 9.84. The number of fused-ring (bicyclic) bond motifs is 4. The van der Waals surface area contributed by atoms with Gasteiger partial charge in [-0.1, -0.05) is 175 Å². The molecule has 2 heteroatoms. The van der Waals surface area contributed by atoms with Gasteiger partial charge in [0.05, 0.1) is 22.7 Å². The van der Waals surface area contributed by atoms with Gasteiger partial charge in [-0.05, 0) is 144 Å². The third-order valence-corrected chi connectivity index (χ3v) is 13.3. The second-order valence-electron chi connectivity index (χ2n) is 17.7. The van der Waals surface area contributed by atoms with E-state index in [4.69, 9.17) is 0 Å². The second-order valence-corrected chi connectivity index (χ2v) is 17.7. The van der Waals surface area contributed by atoms with Crippen molar-refractivity contribution in [1.82, 2.24) is 0 Å². The fraction of sp³-hybridized carbons (Fsp3) is 0.0794. The van der Waals surface area contributed by atoms with Crippen molar-refractivity contribution in [1.29, 1.82) is 0 Å². The molecule has 0 aliphatic rings. The van der Waals surface area contributed by atoms with Crippen LogP contribution < -0.4 is 9.80 Å². The summed E-state index contributed by atoms with van der Waals surface area (Å²) in [4.78, 5) is 4.92. The Morgan fingerprint density at radius 3 is 1.08 bits per heavy atom. The molecule has 65 heavy (non-hydrogen) atoms. The third kappa shape index (κ3) is 7.18. The highest BCUT2D eigenvalue weighted by molar-refractivity contribution is 6.07. The topological polar surface area (TPSA) is 6.48 Å². The quantitative estimate of drug-likeness (QED) is 0.150. The zero-order chi connectivity index (χ0) is 44.2. The van der Waals surface area contributed by atoms with Crippen LogP contribution >= 0.6 is 0 Å². The SMILES string of the molecule is Cc1ccc2c(N(c3ccc(-c4ccc(-c5ccc(N(c6cccc7ccccc67)c6cccc7cc(C)ccc67)c(C)c5)c(C)c4)cc3C)c3cccc4ccccc34)cccc2c1. The van der Waals surface area contributed by atoms with Gasteiger partial charge in [0.1, 0.15) is 0 Å². The monoisotopic (exact) mass is 834 g/mol. The molecule has 0 bridgehead atoms. The summed E-state index contributed by atoms with van der Waals surface area (Å²) in [6.45, 7) is 11.1. The molecular weight excluding hydrogens is 785 g/mol. The fourth-order valence-corrected chi connectivity index (χ4v) is 10.1. The van der Waals surface area contributed by atoms with Gasteiger partial charge in [0.25, 0.3) is 0 Å². The minimum Gasteiger partial charge on any atom is -0.309 e. The van der Waals surface area contributed by atoms with E-state index in [2.05, 4.69) is 257 Å². The lowest BCUT2D eigenvalue weighted by Crippen LogP contribution is -2.12. The fourth-order valence-electron chi connectivity index (χ4n) is 10.1. The molecule has 0 unspecified atom stereocenters. The summed E-state index contributed by atoms with van der Waals surface area (Å²) in [6, 6.07) is 78.4. The largest absolute Gasteiger partial charge is 0.309 e. The molecule has 0 aromatic heterocycles. The van der Waals surface area contributed by atoms with E-state index in [0.717, 1.165) is 0 Å². The van der Waals surface area contributed by atoms with Crippen molar-refractivity contribution < 1.29 is 0 Å². The van der Waals surface area contributed by atoms with E-state index >= 15 is 0 Å². The van der Waals surface area contributed by atoms with E-state index < -0.39 is 0 Å². The van der Waals surface area contributed by atoms with Gasteiger partial charge in [-0.25, -0.2) is 0 Å². The van der Waals surface area contributed by atoms with Crippen molar-refractivity contribution in [2.24, 2.45) is 0 Å². The first-order chi connectivity index (χ1) is 31.8. The van der Waals surface area contributed by atoms with Crippen LogP contribution in [0.5, 0.6) is 0 Å². The molecule has 11 rings (SSSR count). The molecule has 312 valence electrons. The van der Waals surface area contributed by atoms with E-state index in [1.807, 2.05) is 0 Å². The number of hydrogen-bond acceptors (Lipinski definition) is 2. The molecule has 0 saturated heterocycles. The van der Waals surface area contributed by atoms with Gasteiger partial charge in [0, 0.05) is 32.9 Å². The molecule has 0 radical (unpaired) electrons. The Morgan fingerprint density at radius 2 is 0.615 bits per heavy atom. The van der Waals surface area contributed by atoms with Gasteiger partial charge in [0.15, 0.2) is 0 Å². The Morgan fingerprint density at radius 1 is 0.246 bits per heavy atom. The summed E-state index contributed by atoms with van der Waals surface area (Å²) in [5.41, 5.74) is 18.1. The summed E-state index contributed by atoms with van der Waals surface area (Å²) in [5.74, 6) is 0. The van der Waals surface area contributed by atoms with Gasteiger partial charge in [0.2, 0.25) is 0 Å². The van der Waals surface area contributed by atoms with Gasteiger partial charge in [-0.15, -0.1) is 0 Å². The maximum absolute atomic E-state index is 2.46. The molecule has 0 aliphatic carbocycles. The Bertz CT molecular complexity index is 3620. The van der Waals surface area contributed by atoms with E-state index in [-0.39, 0.29) is 0 Å². The van der Waals surface area contributed by atoms with Gasteiger partial charge in [-0.3, -0.25) is 0 Å². The average Bonchev–Trinajstić information content (AvgIpc) is 3.32. The van der Waals surface area contributed by atoms with Crippen LogP contribution in [-0.4, -0.2) is 0 Å². The zero-order valence-electron chi connectivity index (χ0n) is 37.6. The Kier molecular flexibility index (Phi) is 10.0.